The van der Waals surface area contributed by atoms with Gasteiger partial charge in [0, 0.05) is 4.91 Å². The van der Waals surface area contributed by atoms with Gasteiger partial charge >= 0.3 is 0 Å². The first-order valence-corrected chi connectivity index (χ1v) is 6.93. The lowest BCUT2D eigenvalue weighted by atomic mass is 10.1. The average Bonchev–Trinajstić information content (AvgIpc) is 2.74. The maximum Gasteiger partial charge on any atom is 0.0863 e. The minimum Gasteiger partial charge on any atom is -0.217 e. The molecule has 1 aliphatic carbocycles. The van der Waals surface area contributed by atoms with Crippen molar-refractivity contribution in [2.75, 3.05) is 0 Å². The average molecular weight is 268 g/mol. The summed E-state index contributed by atoms with van der Waals surface area (Å²) in [5, 5.41) is 12.3. The number of hydrogen-bond donors (Lipinski definition) is 0. The maximum atomic E-state index is 8.50. The van der Waals surface area contributed by atoms with Crippen LogP contribution in [-0.4, -0.2) is 15.0 Å². The minimum absolute atomic E-state index is 0.335. The zero-order valence-corrected chi connectivity index (χ0v) is 11.2. The molecule has 0 saturated heterocycles. The van der Waals surface area contributed by atoms with E-state index in [1.165, 1.54) is 25.0 Å². The van der Waals surface area contributed by atoms with Gasteiger partial charge in [-0.25, -0.2) is 4.68 Å². The van der Waals surface area contributed by atoms with Gasteiger partial charge in [-0.15, -0.1) is 5.10 Å². The van der Waals surface area contributed by atoms with E-state index in [1.807, 2.05) is 28.9 Å². The lowest BCUT2D eigenvalue weighted by Gasteiger charge is -2.10. The molecule has 20 heavy (non-hydrogen) atoms. The molecule has 6 nitrogen and oxygen atoms in total. The summed E-state index contributed by atoms with van der Waals surface area (Å²) < 4.78 is 1.92. The summed E-state index contributed by atoms with van der Waals surface area (Å²) in [5.41, 5.74) is 12.8. The number of nitrogens with zero attached hydrogens (tertiary/aromatic N) is 6. The molecule has 0 radical (unpaired) electrons. The number of hydrogen-bond acceptors (Lipinski definition) is 3. The molecule has 1 aliphatic rings. The predicted octanol–water partition coefficient (Wildman–Crippen LogP) is 3.35. The third kappa shape index (κ3) is 2.38. The van der Waals surface area contributed by atoms with E-state index in [2.05, 4.69) is 20.3 Å². The van der Waals surface area contributed by atoms with Crippen molar-refractivity contribution in [1.82, 2.24) is 15.0 Å². The lowest BCUT2D eigenvalue weighted by Crippen LogP contribution is -2.06. The quantitative estimate of drug-likeness (QED) is 0.370. The van der Waals surface area contributed by atoms with Crippen molar-refractivity contribution in [3.05, 3.63) is 51.7 Å². The molecule has 0 fully saturated rings. The second-order valence-electron chi connectivity index (χ2n) is 4.97. The summed E-state index contributed by atoms with van der Waals surface area (Å²) >= 11 is 0. The van der Waals surface area contributed by atoms with Gasteiger partial charge in [0.2, 0.25) is 0 Å². The third-order valence-corrected chi connectivity index (χ3v) is 3.69. The first-order chi connectivity index (χ1) is 9.90. The molecular formula is C14H16N6. The molecule has 0 spiro atoms. The van der Waals surface area contributed by atoms with Crippen LogP contribution in [0.25, 0.3) is 16.1 Å². The number of para-hydroxylation sites is 1. The molecule has 0 unspecified atom stereocenters. The number of aryl methyl sites for hydroxylation is 1. The van der Waals surface area contributed by atoms with Crippen LogP contribution in [-0.2, 0) is 19.4 Å². The zero-order chi connectivity index (χ0) is 13.8. The van der Waals surface area contributed by atoms with Crippen molar-refractivity contribution in [1.29, 1.82) is 0 Å². The van der Waals surface area contributed by atoms with Gasteiger partial charge in [0.1, 0.15) is 0 Å². The first kappa shape index (κ1) is 12.7. The molecule has 1 aromatic carbocycles. The van der Waals surface area contributed by atoms with E-state index in [0.717, 1.165) is 29.8 Å². The second-order valence-corrected chi connectivity index (χ2v) is 4.97. The second kappa shape index (κ2) is 5.75. The van der Waals surface area contributed by atoms with Crippen LogP contribution >= 0.6 is 0 Å². The van der Waals surface area contributed by atoms with E-state index in [9.17, 15) is 0 Å². The van der Waals surface area contributed by atoms with Crippen LogP contribution in [0, 0.1) is 0 Å². The highest BCUT2D eigenvalue weighted by molar-refractivity contribution is 5.42. The van der Waals surface area contributed by atoms with E-state index in [1.54, 1.807) is 0 Å². The Morgan fingerprint density at radius 3 is 2.95 bits per heavy atom. The Balaban J connectivity index is 2.05. The summed E-state index contributed by atoms with van der Waals surface area (Å²) in [4.78, 5) is 2.84. The van der Waals surface area contributed by atoms with Crippen LogP contribution in [0.3, 0.4) is 0 Å². The Hall–Kier alpha value is -2.33. The van der Waals surface area contributed by atoms with Crippen LogP contribution in [0.1, 0.15) is 36.2 Å². The summed E-state index contributed by atoms with van der Waals surface area (Å²) in [6, 6.07) is 7.89. The Bertz CT molecular complexity index is 653. The highest BCUT2D eigenvalue weighted by atomic mass is 15.4. The van der Waals surface area contributed by atoms with Crippen LogP contribution in [0.4, 0.5) is 0 Å². The van der Waals surface area contributed by atoms with Crippen molar-refractivity contribution in [2.45, 2.75) is 38.6 Å². The monoisotopic (exact) mass is 268 g/mol. The van der Waals surface area contributed by atoms with Gasteiger partial charge in [-0.1, -0.05) is 34.9 Å². The largest absolute Gasteiger partial charge is 0.217 e. The van der Waals surface area contributed by atoms with Gasteiger partial charge < -0.3 is 0 Å². The smallest absolute Gasteiger partial charge is 0.0863 e. The van der Waals surface area contributed by atoms with E-state index < -0.39 is 0 Å². The number of azide groups is 1. The minimum atomic E-state index is 0.335. The standard InChI is InChI=1S/C14H16N6/c15-18-16-10-11-6-4-5-8-13(11)20-14-9-3-1-2-7-12(14)17-19-20/h4-6,8H,1-3,7,9-10H2. The van der Waals surface area contributed by atoms with Gasteiger partial charge in [-0.2, -0.15) is 0 Å². The van der Waals surface area contributed by atoms with Crippen LogP contribution in [0.5, 0.6) is 0 Å². The Kier molecular flexibility index (Phi) is 3.65. The van der Waals surface area contributed by atoms with E-state index in [4.69, 9.17) is 5.53 Å². The zero-order valence-electron chi connectivity index (χ0n) is 11.2. The van der Waals surface area contributed by atoms with Crippen LogP contribution < -0.4 is 0 Å². The summed E-state index contributed by atoms with van der Waals surface area (Å²) in [7, 11) is 0. The van der Waals surface area contributed by atoms with Gasteiger partial charge in [0.05, 0.1) is 23.6 Å². The summed E-state index contributed by atoms with van der Waals surface area (Å²) in [5.74, 6) is 0. The van der Waals surface area contributed by atoms with Gasteiger partial charge in [-0.3, -0.25) is 0 Å². The third-order valence-electron chi connectivity index (χ3n) is 3.69. The maximum absolute atomic E-state index is 8.50. The molecule has 3 rings (SSSR count). The van der Waals surface area contributed by atoms with E-state index in [0.29, 0.717) is 6.54 Å². The van der Waals surface area contributed by atoms with Crippen LogP contribution in [0.15, 0.2) is 29.4 Å². The molecule has 6 heteroatoms. The first-order valence-electron chi connectivity index (χ1n) is 6.93. The fourth-order valence-electron chi connectivity index (χ4n) is 2.69. The molecular weight excluding hydrogens is 252 g/mol. The van der Waals surface area contributed by atoms with Gasteiger partial charge in [0.15, 0.2) is 0 Å². The Morgan fingerprint density at radius 2 is 2.05 bits per heavy atom. The summed E-state index contributed by atoms with van der Waals surface area (Å²) in [6.45, 7) is 0.335. The molecule has 1 heterocycles. The molecule has 0 saturated carbocycles. The highest BCUT2D eigenvalue weighted by Gasteiger charge is 2.17. The SMILES string of the molecule is [N-]=[N+]=NCc1ccccc1-n1nnc2c1CCCCC2. The van der Waals surface area contributed by atoms with Gasteiger partial charge in [0.25, 0.3) is 0 Å². The molecule has 0 N–H and O–H groups in total. The summed E-state index contributed by atoms with van der Waals surface area (Å²) in [6.07, 6.45) is 5.63. The fraction of sp³-hybridized carbons (Fsp3) is 0.429. The Labute approximate surface area is 117 Å². The fourth-order valence-corrected chi connectivity index (χ4v) is 2.69. The Morgan fingerprint density at radius 1 is 1.20 bits per heavy atom. The van der Waals surface area contributed by atoms with E-state index in [-0.39, 0.29) is 0 Å². The van der Waals surface area contributed by atoms with Crippen LogP contribution in [0.2, 0.25) is 0 Å². The van der Waals surface area contributed by atoms with Crippen molar-refractivity contribution < 1.29 is 0 Å². The molecule has 0 amide bonds. The van der Waals surface area contributed by atoms with Gasteiger partial charge in [-0.05, 0) is 42.8 Å². The number of benzene rings is 1. The van der Waals surface area contributed by atoms with Crippen molar-refractivity contribution >= 4 is 0 Å². The van der Waals surface area contributed by atoms with E-state index >= 15 is 0 Å². The highest BCUT2D eigenvalue weighted by Crippen LogP contribution is 2.23. The van der Waals surface area contributed by atoms with Crippen molar-refractivity contribution in [2.24, 2.45) is 5.11 Å². The molecule has 0 bridgehead atoms. The predicted molar refractivity (Wildman–Crippen MR) is 75.5 cm³/mol. The number of rotatable bonds is 3. The van der Waals surface area contributed by atoms with Crippen molar-refractivity contribution in [3.8, 4) is 5.69 Å². The number of aromatic nitrogens is 3. The molecule has 0 aliphatic heterocycles. The lowest BCUT2D eigenvalue weighted by molar-refractivity contribution is 0.668. The molecule has 2 aromatic rings. The topological polar surface area (TPSA) is 79.5 Å². The normalized spacial score (nSPS) is 14.2. The molecule has 102 valence electrons. The van der Waals surface area contributed by atoms with Crippen molar-refractivity contribution in [3.63, 3.8) is 0 Å². The molecule has 0 atom stereocenters. The number of fused-ring (bicyclic) bond motifs is 1. The molecule has 1 aromatic heterocycles.